The Bertz CT molecular complexity index is 1230. The van der Waals surface area contributed by atoms with Crippen LogP contribution in [0.25, 0.3) is 23.0 Å². The zero-order valence-electron chi connectivity index (χ0n) is 17.6. The minimum atomic E-state index is -1.34. The largest absolute Gasteiger partial charge is 0.381 e. The fraction of sp³-hybridized carbons (Fsp3) is 0.292. The molecule has 0 amide bonds. The molecule has 1 aliphatic heterocycles. The van der Waals surface area contributed by atoms with Crippen LogP contribution in [0.5, 0.6) is 0 Å². The van der Waals surface area contributed by atoms with Crippen LogP contribution in [0.1, 0.15) is 29.7 Å². The topological polar surface area (TPSA) is 66.0 Å². The van der Waals surface area contributed by atoms with Crippen LogP contribution in [-0.2, 0) is 17.0 Å². The fourth-order valence-electron chi connectivity index (χ4n) is 3.93. The van der Waals surface area contributed by atoms with E-state index in [1.165, 1.54) is 0 Å². The average molecular weight is 497 g/mol. The van der Waals surface area contributed by atoms with Gasteiger partial charge in [0.15, 0.2) is 5.69 Å². The van der Waals surface area contributed by atoms with E-state index in [1.54, 1.807) is 12.1 Å². The molecule has 0 aliphatic carbocycles. The number of hydrogen-bond donors (Lipinski definition) is 0. The minimum absolute atomic E-state index is 0.353. The maximum absolute atomic E-state index is 15.1. The predicted octanol–water partition coefficient (Wildman–Crippen LogP) is 5.69. The molecule has 0 radical (unpaired) electrons. The number of halogens is 2. The lowest BCUT2D eigenvalue weighted by Gasteiger charge is -2.29. The second-order valence-electron chi connectivity index (χ2n) is 8.04. The van der Waals surface area contributed by atoms with Crippen molar-refractivity contribution in [3.05, 3.63) is 75.9 Å². The first-order chi connectivity index (χ1) is 15.5. The van der Waals surface area contributed by atoms with Gasteiger partial charge in [0.05, 0.1) is 6.54 Å². The Hall–Kier alpha value is -2.84. The van der Waals surface area contributed by atoms with Crippen LogP contribution in [0.3, 0.4) is 0 Å². The maximum Gasteiger partial charge on any atom is 0.278 e. The number of benzene rings is 2. The first kappa shape index (κ1) is 21.0. The molecule has 1 saturated heterocycles. The van der Waals surface area contributed by atoms with Crippen molar-refractivity contribution in [3.8, 4) is 23.0 Å². The van der Waals surface area contributed by atoms with E-state index < -0.39 is 5.67 Å². The van der Waals surface area contributed by atoms with Gasteiger partial charge >= 0.3 is 0 Å². The van der Waals surface area contributed by atoms with Gasteiger partial charge in [0, 0.05) is 41.8 Å². The lowest BCUT2D eigenvalue weighted by Crippen LogP contribution is -2.29. The molecule has 8 heteroatoms. The van der Waals surface area contributed by atoms with Gasteiger partial charge in [0.2, 0.25) is 5.82 Å². The molecular formula is C24H22BrFN4O2. The highest BCUT2D eigenvalue weighted by molar-refractivity contribution is 9.10. The van der Waals surface area contributed by atoms with Crippen LogP contribution in [0.4, 0.5) is 4.39 Å². The number of alkyl halides is 1. The van der Waals surface area contributed by atoms with Gasteiger partial charge in [-0.1, -0.05) is 57.5 Å². The number of aromatic nitrogens is 4. The number of aryl methyl sites for hydroxylation is 1. The van der Waals surface area contributed by atoms with E-state index in [1.807, 2.05) is 41.9 Å². The summed E-state index contributed by atoms with van der Waals surface area (Å²) in [5.74, 6) is 0.803. The molecule has 0 spiro atoms. The molecule has 0 N–H and O–H groups in total. The van der Waals surface area contributed by atoms with E-state index in [2.05, 4.69) is 43.3 Å². The third-order valence-corrected chi connectivity index (χ3v) is 6.29. The van der Waals surface area contributed by atoms with Crippen LogP contribution in [0.2, 0.25) is 0 Å². The summed E-state index contributed by atoms with van der Waals surface area (Å²) in [5.41, 5.74) is 2.85. The Morgan fingerprint density at radius 1 is 1.09 bits per heavy atom. The van der Waals surface area contributed by atoms with Crippen LogP contribution in [0.15, 0.2) is 63.6 Å². The van der Waals surface area contributed by atoms with Crippen molar-refractivity contribution >= 4 is 15.9 Å². The molecule has 0 bridgehead atoms. The zero-order chi connectivity index (χ0) is 22.1. The third kappa shape index (κ3) is 4.25. The first-order valence-corrected chi connectivity index (χ1v) is 11.3. The van der Waals surface area contributed by atoms with Crippen LogP contribution < -0.4 is 0 Å². The number of ether oxygens (including phenoxy) is 1. The van der Waals surface area contributed by atoms with E-state index in [-0.39, 0.29) is 0 Å². The molecule has 5 rings (SSSR count). The van der Waals surface area contributed by atoms with Crippen molar-refractivity contribution in [1.29, 1.82) is 0 Å². The summed E-state index contributed by atoms with van der Waals surface area (Å²) in [4.78, 5) is 4.51. The van der Waals surface area contributed by atoms with E-state index in [0.717, 1.165) is 21.3 Å². The smallest absolute Gasteiger partial charge is 0.278 e. The fourth-order valence-corrected chi connectivity index (χ4v) is 4.38. The average Bonchev–Trinajstić information content (AvgIpc) is 3.42. The van der Waals surface area contributed by atoms with Crippen LogP contribution >= 0.6 is 15.9 Å². The van der Waals surface area contributed by atoms with Gasteiger partial charge in [-0.05, 0) is 36.2 Å². The second kappa shape index (κ2) is 8.60. The summed E-state index contributed by atoms with van der Waals surface area (Å²) < 4.78 is 28.8. The maximum atomic E-state index is 15.1. The Morgan fingerprint density at radius 2 is 1.88 bits per heavy atom. The van der Waals surface area contributed by atoms with Crippen molar-refractivity contribution in [2.24, 2.45) is 0 Å². The number of hydrogen-bond acceptors (Lipinski definition) is 5. The third-order valence-electron chi connectivity index (χ3n) is 5.79. The molecule has 4 aromatic rings. The molecule has 2 aromatic carbocycles. The molecule has 3 heterocycles. The highest BCUT2D eigenvalue weighted by atomic mass is 79.9. The van der Waals surface area contributed by atoms with Crippen molar-refractivity contribution in [3.63, 3.8) is 0 Å². The van der Waals surface area contributed by atoms with Gasteiger partial charge in [-0.2, -0.15) is 10.1 Å². The summed E-state index contributed by atoms with van der Waals surface area (Å²) in [6.45, 7) is 3.53. The molecule has 0 saturated carbocycles. The Labute approximate surface area is 193 Å². The van der Waals surface area contributed by atoms with E-state index in [0.29, 0.717) is 55.6 Å². The highest BCUT2D eigenvalue weighted by Gasteiger charge is 2.34. The lowest BCUT2D eigenvalue weighted by atomic mass is 9.88. The van der Waals surface area contributed by atoms with Gasteiger partial charge in [0.25, 0.3) is 5.89 Å². The van der Waals surface area contributed by atoms with Crippen molar-refractivity contribution < 1.29 is 13.7 Å². The summed E-state index contributed by atoms with van der Waals surface area (Å²) in [6.07, 6.45) is 0.751. The Morgan fingerprint density at radius 3 is 2.62 bits per heavy atom. The monoisotopic (exact) mass is 496 g/mol. The standard InChI is InChI=1S/C24H22BrFN4O2/c1-16-13-21(28-30(16)15-17-3-2-4-20(25)14-17)23-27-22(29-32-23)18-5-7-19(8-6-18)24(26)9-11-31-12-10-24/h2-8,13-14H,9-12,15H2,1H3. The summed E-state index contributed by atoms with van der Waals surface area (Å²) >= 11 is 3.50. The van der Waals surface area contributed by atoms with Crippen LogP contribution in [0, 0.1) is 6.92 Å². The molecule has 0 atom stereocenters. The number of rotatable bonds is 5. The second-order valence-corrected chi connectivity index (χ2v) is 8.95. The predicted molar refractivity (Wildman–Crippen MR) is 122 cm³/mol. The SMILES string of the molecule is Cc1cc(-c2nc(-c3ccc(C4(F)CCOCC4)cc3)no2)nn1Cc1cccc(Br)c1. The molecule has 32 heavy (non-hydrogen) atoms. The van der Waals surface area contributed by atoms with Gasteiger partial charge in [-0.25, -0.2) is 4.39 Å². The molecule has 1 fully saturated rings. The first-order valence-electron chi connectivity index (χ1n) is 10.5. The normalized spacial score (nSPS) is 15.7. The Balaban J connectivity index is 1.35. The van der Waals surface area contributed by atoms with Gasteiger partial charge < -0.3 is 9.26 Å². The highest BCUT2D eigenvalue weighted by Crippen LogP contribution is 2.37. The summed E-state index contributed by atoms with van der Waals surface area (Å²) in [7, 11) is 0. The van der Waals surface area contributed by atoms with E-state index in [9.17, 15) is 0 Å². The molecule has 0 unspecified atom stereocenters. The van der Waals surface area contributed by atoms with E-state index in [4.69, 9.17) is 9.26 Å². The molecule has 1 aliphatic rings. The van der Waals surface area contributed by atoms with Gasteiger partial charge in [-0.15, -0.1) is 0 Å². The number of nitrogens with zero attached hydrogens (tertiary/aromatic N) is 4. The zero-order valence-corrected chi connectivity index (χ0v) is 19.2. The van der Waals surface area contributed by atoms with Crippen LogP contribution in [-0.4, -0.2) is 33.1 Å². The Kier molecular flexibility index (Phi) is 5.65. The molecular weight excluding hydrogens is 475 g/mol. The summed E-state index contributed by atoms with van der Waals surface area (Å²) in [5, 5.41) is 8.74. The van der Waals surface area contributed by atoms with Crippen molar-refractivity contribution in [1.82, 2.24) is 19.9 Å². The molecule has 6 nitrogen and oxygen atoms in total. The van der Waals surface area contributed by atoms with Gasteiger partial charge in [0.1, 0.15) is 5.67 Å². The molecule has 2 aromatic heterocycles. The minimum Gasteiger partial charge on any atom is -0.381 e. The lowest BCUT2D eigenvalue weighted by molar-refractivity contribution is -0.0114. The van der Waals surface area contributed by atoms with E-state index >= 15 is 4.39 Å². The quantitative estimate of drug-likeness (QED) is 0.354. The van der Waals surface area contributed by atoms with Crippen molar-refractivity contribution in [2.45, 2.75) is 32.0 Å². The summed E-state index contributed by atoms with van der Waals surface area (Å²) in [6, 6.07) is 17.3. The van der Waals surface area contributed by atoms with Crippen molar-refractivity contribution in [2.75, 3.05) is 13.2 Å². The van der Waals surface area contributed by atoms with Gasteiger partial charge in [-0.3, -0.25) is 4.68 Å². The molecule has 164 valence electrons.